The Morgan fingerprint density at radius 3 is 2.73 bits per heavy atom. The van der Waals surface area contributed by atoms with E-state index in [4.69, 9.17) is 11.6 Å². The first-order chi connectivity index (χ1) is 12.6. The Morgan fingerprint density at radius 2 is 2.04 bits per heavy atom. The summed E-state index contributed by atoms with van der Waals surface area (Å²) in [6.45, 7) is 0. The lowest BCUT2D eigenvalue weighted by atomic mass is 10.2. The molecule has 0 bridgehead atoms. The van der Waals surface area contributed by atoms with E-state index in [1.165, 1.54) is 18.2 Å². The van der Waals surface area contributed by atoms with Crippen LogP contribution in [0.5, 0.6) is 0 Å². The fourth-order valence-corrected chi connectivity index (χ4v) is 2.40. The van der Waals surface area contributed by atoms with Crippen molar-refractivity contribution in [2.45, 2.75) is 0 Å². The van der Waals surface area contributed by atoms with Crippen LogP contribution in [0, 0.1) is 17.1 Å². The summed E-state index contributed by atoms with van der Waals surface area (Å²) >= 11 is 5.68. The quantitative estimate of drug-likeness (QED) is 0.555. The second-order valence-corrected chi connectivity index (χ2v) is 5.71. The average Bonchev–Trinajstić information content (AvgIpc) is 3.12. The molecule has 0 radical (unpaired) electrons. The van der Waals surface area contributed by atoms with Gasteiger partial charge in [-0.3, -0.25) is 4.79 Å². The number of nitriles is 1. The Balaban J connectivity index is 1.80. The summed E-state index contributed by atoms with van der Waals surface area (Å²) in [6, 6.07) is 15.1. The number of nitrogens with zero attached hydrogens (tertiary/aromatic N) is 3. The van der Waals surface area contributed by atoms with Gasteiger partial charge in [-0.05, 0) is 36.4 Å². The van der Waals surface area contributed by atoms with Crippen molar-refractivity contribution in [2.75, 3.05) is 5.32 Å². The summed E-state index contributed by atoms with van der Waals surface area (Å²) in [5.41, 5.74) is 1.63. The Kier molecular flexibility index (Phi) is 5.11. The molecule has 128 valence electrons. The highest BCUT2D eigenvalue weighted by atomic mass is 35.5. The Labute approximate surface area is 153 Å². The van der Waals surface area contributed by atoms with Crippen LogP contribution in [0.25, 0.3) is 11.8 Å². The molecule has 7 heteroatoms. The van der Waals surface area contributed by atoms with Crippen LogP contribution < -0.4 is 5.32 Å². The summed E-state index contributed by atoms with van der Waals surface area (Å²) in [7, 11) is 0. The van der Waals surface area contributed by atoms with Crippen LogP contribution in [0.4, 0.5) is 10.1 Å². The topological polar surface area (TPSA) is 70.7 Å². The molecule has 1 heterocycles. The lowest BCUT2D eigenvalue weighted by molar-refractivity contribution is -0.112. The van der Waals surface area contributed by atoms with Crippen LogP contribution in [-0.4, -0.2) is 15.7 Å². The number of nitrogens with one attached hydrogen (secondary N) is 1. The molecule has 0 saturated carbocycles. The zero-order chi connectivity index (χ0) is 18.5. The normalized spacial score (nSPS) is 11.0. The second-order valence-electron chi connectivity index (χ2n) is 5.31. The number of amides is 1. The number of para-hydroxylation sites is 1. The third-order valence-corrected chi connectivity index (χ3v) is 3.77. The van der Waals surface area contributed by atoms with Crippen LogP contribution in [0.1, 0.15) is 5.56 Å². The second kappa shape index (κ2) is 7.64. The zero-order valence-electron chi connectivity index (χ0n) is 13.4. The number of hydrogen-bond donors (Lipinski definition) is 1. The van der Waals surface area contributed by atoms with Crippen molar-refractivity contribution >= 4 is 29.3 Å². The SMILES string of the molecule is N#C/C(=C\c1cnn(-c2ccccc2)c1)C(=O)Nc1ccc(F)c(Cl)c1. The lowest BCUT2D eigenvalue weighted by Crippen LogP contribution is -2.13. The summed E-state index contributed by atoms with van der Waals surface area (Å²) < 4.78 is 14.8. The van der Waals surface area contributed by atoms with Crippen molar-refractivity contribution < 1.29 is 9.18 Å². The molecule has 0 aliphatic rings. The summed E-state index contributed by atoms with van der Waals surface area (Å²) in [5.74, 6) is -1.21. The fourth-order valence-electron chi connectivity index (χ4n) is 2.22. The van der Waals surface area contributed by atoms with E-state index in [0.717, 1.165) is 11.8 Å². The number of hydrogen-bond acceptors (Lipinski definition) is 3. The molecule has 0 atom stereocenters. The monoisotopic (exact) mass is 366 g/mol. The van der Waals surface area contributed by atoms with Crippen molar-refractivity contribution in [3.8, 4) is 11.8 Å². The van der Waals surface area contributed by atoms with Gasteiger partial charge in [0.25, 0.3) is 5.91 Å². The summed E-state index contributed by atoms with van der Waals surface area (Å²) in [5, 5.41) is 15.9. The third-order valence-electron chi connectivity index (χ3n) is 3.48. The number of carbonyl (C=O) groups excluding carboxylic acids is 1. The number of rotatable bonds is 4. The van der Waals surface area contributed by atoms with Crippen LogP contribution in [0.15, 0.2) is 66.5 Å². The highest BCUT2D eigenvalue weighted by Crippen LogP contribution is 2.20. The van der Waals surface area contributed by atoms with Gasteiger partial charge in [0.2, 0.25) is 0 Å². The van der Waals surface area contributed by atoms with E-state index >= 15 is 0 Å². The number of halogens is 2. The van der Waals surface area contributed by atoms with Crippen LogP contribution >= 0.6 is 11.6 Å². The van der Waals surface area contributed by atoms with Crippen LogP contribution in [0.3, 0.4) is 0 Å². The van der Waals surface area contributed by atoms with Gasteiger partial charge >= 0.3 is 0 Å². The van der Waals surface area contributed by atoms with E-state index in [2.05, 4.69) is 10.4 Å². The number of carbonyl (C=O) groups is 1. The van der Waals surface area contributed by atoms with E-state index in [1.54, 1.807) is 17.1 Å². The van der Waals surface area contributed by atoms with Gasteiger partial charge in [0.15, 0.2) is 0 Å². The minimum Gasteiger partial charge on any atom is -0.321 e. The molecule has 0 aliphatic carbocycles. The van der Waals surface area contributed by atoms with Crippen molar-refractivity contribution in [1.29, 1.82) is 5.26 Å². The maximum absolute atomic E-state index is 13.2. The van der Waals surface area contributed by atoms with Gasteiger partial charge in [0.05, 0.1) is 16.9 Å². The molecule has 0 spiro atoms. The molecule has 26 heavy (non-hydrogen) atoms. The molecule has 3 rings (SSSR count). The van der Waals surface area contributed by atoms with E-state index in [1.807, 2.05) is 36.4 Å². The molecular formula is C19H12ClFN4O. The van der Waals surface area contributed by atoms with Gasteiger partial charge in [-0.1, -0.05) is 29.8 Å². The first kappa shape index (κ1) is 17.4. The largest absolute Gasteiger partial charge is 0.321 e. The Hall–Kier alpha value is -3.43. The van der Waals surface area contributed by atoms with Crippen molar-refractivity contribution in [2.24, 2.45) is 0 Å². The first-order valence-electron chi connectivity index (χ1n) is 7.55. The number of anilines is 1. The maximum atomic E-state index is 13.2. The highest BCUT2D eigenvalue weighted by molar-refractivity contribution is 6.31. The Bertz CT molecular complexity index is 1020. The molecule has 1 amide bonds. The average molecular weight is 367 g/mol. The predicted octanol–water partition coefficient (Wildman–Crippen LogP) is 4.21. The zero-order valence-corrected chi connectivity index (χ0v) is 14.1. The van der Waals surface area contributed by atoms with Gasteiger partial charge in [0, 0.05) is 17.4 Å². The van der Waals surface area contributed by atoms with Gasteiger partial charge in [0.1, 0.15) is 17.5 Å². The number of aromatic nitrogens is 2. The molecule has 1 aromatic heterocycles. The predicted molar refractivity (Wildman–Crippen MR) is 97.2 cm³/mol. The van der Waals surface area contributed by atoms with Crippen molar-refractivity contribution in [3.63, 3.8) is 0 Å². The van der Waals surface area contributed by atoms with Gasteiger partial charge in [-0.2, -0.15) is 10.4 Å². The first-order valence-corrected chi connectivity index (χ1v) is 7.93. The Morgan fingerprint density at radius 1 is 1.27 bits per heavy atom. The maximum Gasteiger partial charge on any atom is 0.266 e. The van der Waals surface area contributed by atoms with E-state index in [9.17, 15) is 14.4 Å². The smallest absolute Gasteiger partial charge is 0.266 e. The molecule has 0 saturated heterocycles. The fraction of sp³-hybridized carbons (Fsp3) is 0. The van der Waals surface area contributed by atoms with E-state index < -0.39 is 11.7 Å². The standard InChI is InChI=1S/C19H12ClFN4O/c20-17-9-15(6-7-18(17)21)24-19(26)14(10-22)8-13-11-23-25(12-13)16-4-2-1-3-5-16/h1-9,11-12H,(H,24,26)/b14-8+. The van der Waals surface area contributed by atoms with Crippen LogP contribution in [0.2, 0.25) is 5.02 Å². The van der Waals surface area contributed by atoms with Gasteiger partial charge in [-0.25, -0.2) is 9.07 Å². The lowest BCUT2D eigenvalue weighted by Gasteiger charge is -2.05. The minimum atomic E-state index is -0.623. The summed E-state index contributed by atoms with van der Waals surface area (Å²) in [6.07, 6.45) is 4.67. The molecule has 3 aromatic rings. The van der Waals surface area contributed by atoms with Crippen LogP contribution in [-0.2, 0) is 4.79 Å². The van der Waals surface area contributed by atoms with Crippen molar-refractivity contribution in [3.05, 3.63) is 82.9 Å². The molecule has 5 nitrogen and oxygen atoms in total. The van der Waals surface area contributed by atoms with Crippen molar-refractivity contribution in [1.82, 2.24) is 9.78 Å². The molecule has 0 aliphatic heterocycles. The minimum absolute atomic E-state index is 0.113. The number of benzene rings is 2. The molecular weight excluding hydrogens is 355 g/mol. The van der Waals surface area contributed by atoms with Gasteiger partial charge in [-0.15, -0.1) is 0 Å². The van der Waals surface area contributed by atoms with E-state index in [0.29, 0.717) is 11.3 Å². The highest BCUT2D eigenvalue weighted by Gasteiger charge is 2.11. The molecule has 2 aromatic carbocycles. The third kappa shape index (κ3) is 3.97. The summed E-state index contributed by atoms with van der Waals surface area (Å²) in [4.78, 5) is 12.3. The molecule has 1 N–H and O–H groups in total. The van der Waals surface area contributed by atoms with Gasteiger partial charge < -0.3 is 5.32 Å². The molecule has 0 unspecified atom stereocenters. The molecule has 0 fully saturated rings. The van der Waals surface area contributed by atoms with E-state index in [-0.39, 0.29) is 10.6 Å².